The second-order valence-electron chi connectivity index (χ2n) is 4.76. The van der Waals surface area contributed by atoms with E-state index >= 15 is 0 Å². The largest absolute Gasteiger partial charge is 0.496 e. The molecule has 1 aromatic rings. The number of hydrogen-bond acceptors (Lipinski definition) is 4. The molecule has 1 unspecified atom stereocenters. The molecule has 1 aromatic carbocycles. The summed E-state index contributed by atoms with van der Waals surface area (Å²) in [7, 11) is 1.64. The Kier molecular flexibility index (Phi) is 6.48. The van der Waals surface area contributed by atoms with Crippen LogP contribution in [0.4, 0.5) is 0 Å². The molecule has 0 spiro atoms. The summed E-state index contributed by atoms with van der Waals surface area (Å²) in [6.07, 6.45) is 0.324. The van der Waals surface area contributed by atoms with Crippen LogP contribution in [0.15, 0.2) is 18.2 Å². The van der Waals surface area contributed by atoms with Gasteiger partial charge in [-0.25, -0.2) is 0 Å². The number of nitrogens with two attached hydrogens (primary N) is 1. The molecule has 0 aliphatic carbocycles. The second-order valence-corrected chi connectivity index (χ2v) is 4.76. The van der Waals surface area contributed by atoms with E-state index in [4.69, 9.17) is 15.6 Å². The van der Waals surface area contributed by atoms with E-state index in [1.54, 1.807) is 7.11 Å². The number of hydrogen-bond donors (Lipinski definition) is 2. The van der Waals surface area contributed by atoms with Crippen molar-refractivity contribution in [2.45, 2.75) is 32.9 Å². The fourth-order valence-corrected chi connectivity index (χ4v) is 2.11. The van der Waals surface area contributed by atoms with Gasteiger partial charge in [0.25, 0.3) is 0 Å². The van der Waals surface area contributed by atoms with Gasteiger partial charge in [-0.2, -0.15) is 0 Å². The molecule has 0 aliphatic rings. The average Bonchev–Trinajstić information content (AvgIpc) is 2.44. The molecule has 5 nitrogen and oxygen atoms in total. The van der Waals surface area contributed by atoms with Gasteiger partial charge >= 0.3 is 5.97 Å². The number of nitrogens with zero attached hydrogens (tertiary/aromatic N) is 1. The third-order valence-electron chi connectivity index (χ3n) is 3.41. The molecule has 0 saturated heterocycles. The van der Waals surface area contributed by atoms with Crippen LogP contribution in [0, 0.1) is 0 Å². The Morgan fingerprint density at radius 3 is 2.55 bits per heavy atom. The first-order valence-electron chi connectivity index (χ1n) is 6.88. The van der Waals surface area contributed by atoms with E-state index in [2.05, 4.69) is 18.7 Å². The molecule has 0 amide bonds. The summed E-state index contributed by atoms with van der Waals surface area (Å²) in [6.45, 7) is 6.92. The maximum Gasteiger partial charge on any atom is 0.320 e. The number of aliphatic carboxylic acids is 1. The van der Waals surface area contributed by atoms with Crippen LogP contribution in [-0.4, -0.2) is 42.2 Å². The Morgan fingerprint density at radius 2 is 2.05 bits per heavy atom. The molecule has 5 heteroatoms. The monoisotopic (exact) mass is 280 g/mol. The van der Waals surface area contributed by atoms with Crippen LogP contribution < -0.4 is 10.5 Å². The summed E-state index contributed by atoms with van der Waals surface area (Å²) in [5.41, 5.74) is 7.56. The predicted octanol–water partition coefficient (Wildman–Crippen LogP) is 1.49. The van der Waals surface area contributed by atoms with Gasteiger partial charge in [0, 0.05) is 12.1 Å². The highest BCUT2D eigenvalue weighted by Gasteiger charge is 2.14. The van der Waals surface area contributed by atoms with Gasteiger partial charge < -0.3 is 15.6 Å². The molecule has 0 radical (unpaired) electrons. The molecule has 112 valence electrons. The van der Waals surface area contributed by atoms with Gasteiger partial charge in [0.05, 0.1) is 7.11 Å². The lowest BCUT2D eigenvalue weighted by Crippen LogP contribution is -2.32. The van der Waals surface area contributed by atoms with Crippen LogP contribution in [-0.2, 0) is 17.8 Å². The van der Waals surface area contributed by atoms with Crippen LogP contribution in [0.2, 0.25) is 0 Å². The number of carbonyl (C=O) groups is 1. The van der Waals surface area contributed by atoms with Crippen molar-refractivity contribution in [1.29, 1.82) is 0 Å². The molecular weight excluding hydrogens is 256 g/mol. The maximum atomic E-state index is 10.8. The summed E-state index contributed by atoms with van der Waals surface area (Å²) >= 11 is 0. The van der Waals surface area contributed by atoms with E-state index in [0.717, 1.165) is 36.5 Å². The molecule has 1 atom stereocenters. The lowest BCUT2D eigenvalue weighted by Gasteiger charge is -2.20. The summed E-state index contributed by atoms with van der Waals surface area (Å²) in [5.74, 6) is -0.157. The Balaban J connectivity index is 2.93. The Labute approximate surface area is 120 Å². The van der Waals surface area contributed by atoms with Gasteiger partial charge in [0.15, 0.2) is 0 Å². The molecular formula is C15H24N2O3. The number of ether oxygens (including phenoxy) is 1. The third kappa shape index (κ3) is 4.51. The molecule has 0 aliphatic heterocycles. The highest BCUT2D eigenvalue weighted by molar-refractivity contribution is 5.73. The van der Waals surface area contributed by atoms with Crippen LogP contribution >= 0.6 is 0 Å². The van der Waals surface area contributed by atoms with Crippen LogP contribution in [0.1, 0.15) is 25.0 Å². The van der Waals surface area contributed by atoms with E-state index in [1.165, 1.54) is 0 Å². The first kappa shape index (κ1) is 16.5. The van der Waals surface area contributed by atoms with Gasteiger partial charge in [-0.05, 0) is 31.1 Å². The van der Waals surface area contributed by atoms with Gasteiger partial charge in [-0.15, -0.1) is 0 Å². The quantitative estimate of drug-likeness (QED) is 0.754. The van der Waals surface area contributed by atoms with Crippen LogP contribution in [0.5, 0.6) is 5.75 Å². The zero-order valence-electron chi connectivity index (χ0n) is 12.4. The zero-order valence-corrected chi connectivity index (χ0v) is 12.4. The van der Waals surface area contributed by atoms with Crippen molar-refractivity contribution in [2.75, 3.05) is 20.2 Å². The molecule has 0 aromatic heterocycles. The van der Waals surface area contributed by atoms with Crippen molar-refractivity contribution in [1.82, 2.24) is 4.90 Å². The SMILES string of the molecule is CCN(CC)Cc1cc(CC(N)C(=O)O)ccc1OC. The number of carboxylic acid groups (broad SMARTS) is 1. The number of carboxylic acids is 1. The minimum atomic E-state index is -0.980. The molecule has 20 heavy (non-hydrogen) atoms. The van der Waals surface area contributed by atoms with Gasteiger partial charge in [-0.3, -0.25) is 9.69 Å². The molecule has 0 bridgehead atoms. The molecule has 0 heterocycles. The van der Waals surface area contributed by atoms with E-state index in [9.17, 15) is 4.79 Å². The van der Waals surface area contributed by atoms with Crippen molar-refractivity contribution < 1.29 is 14.6 Å². The first-order valence-corrected chi connectivity index (χ1v) is 6.88. The van der Waals surface area contributed by atoms with E-state index in [0.29, 0.717) is 6.42 Å². The Bertz CT molecular complexity index is 445. The Hall–Kier alpha value is -1.59. The van der Waals surface area contributed by atoms with Gasteiger partial charge in [0.2, 0.25) is 0 Å². The fraction of sp³-hybridized carbons (Fsp3) is 0.533. The summed E-state index contributed by atoms with van der Waals surface area (Å²) in [5, 5.41) is 8.88. The van der Waals surface area contributed by atoms with Crippen molar-refractivity contribution >= 4 is 5.97 Å². The third-order valence-corrected chi connectivity index (χ3v) is 3.41. The highest BCUT2D eigenvalue weighted by Crippen LogP contribution is 2.22. The fourth-order valence-electron chi connectivity index (χ4n) is 2.11. The molecule has 0 fully saturated rings. The van der Waals surface area contributed by atoms with Crippen molar-refractivity contribution in [2.24, 2.45) is 5.73 Å². The number of methoxy groups -OCH3 is 1. The molecule has 1 rings (SSSR count). The summed E-state index contributed by atoms with van der Waals surface area (Å²) < 4.78 is 5.37. The number of benzene rings is 1. The first-order chi connectivity index (χ1) is 9.51. The van der Waals surface area contributed by atoms with Crippen molar-refractivity contribution in [3.63, 3.8) is 0 Å². The van der Waals surface area contributed by atoms with E-state index in [-0.39, 0.29) is 0 Å². The Morgan fingerprint density at radius 1 is 1.40 bits per heavy atom. The summed E-state index contributed by atoms with van der Waals surface area (Å²) in [4.78, 5) is 13.1. The zero-order chi connectivity index (χ0) is 15.1. The number of rotatable bonds is 8. The summed E-state index contributed by atoms with van der Waals surface area (Å²) in [6, 6.07) is 4.86. The minimum Gasteiger partial charge on any atom is -0.496 e. The van der Waals surface area contributed by atoms with E-state index < -0.39 is 12.0 Å². The normalized spacial score (nSPS) is 12.4. The molecule has 3 N–H and O–H groups in total. The van der Waals surface area contributed by atoms with Gasteiger partial charge in [-0.1, -0.05) is 26.0 Å². The smallest absolute Gasteiger partial charge is 0.320 e. The lowest BCUT2D eigenvalue weighted by molar-refractivity contribution is -0.138. The topological polar surface area (TPSA) is 75.8 Å². The standard InChI is InChI=1S/C15H24N2O3/c1-4-17(5-2)10-12-8-11(6-7-14(12)20-3)9-13(16)15(18)19/h6-8,13H,4-5,9-10,16H2,1-3H3,(H,18,19). The van der Waals surface area contributed by atoms with E-state index in [1.807, 2.05) is 18.2 Å². The van der Waals surface area contributed by atoms with Gasteiger partial charge in [0.1, 0.15) is 11.8 Å². The van der Waals surface area contributed by atoms with Crippen molar-refractivity contribution in [3.8, 4) is 5.75 Å². The second kappa shape index (κ2) is 7.87. The predicted molar refractivity (Wildman–Crippen MR) is 78.9 cm³/mol. The van der Waals surface area contributed by atoms with Crippen molar-refractivity contribution in [3.05, 3.63) is 29.3 Å². The highest BCUT2D eigenvalue weighted by atomic mass is 16.5. The molecule has 0 saturated carbocycles. The van der Waals surface area contributed by atoms with Crippen LogP contribution in [0.25, 0.3) is 0 Å². The minimum absolute atomic E-state index is 0.324. The average molecular weight is 280 g/mol. The maximum absolute atomic E-state index is 10.8. The lowest BCUT2D eigenvalue weighted by atomic mass is 10.0. The van der Waals surface area contributed by atoms with Crippen LogP contribution in [0.3, 0.4) is 0 Å².